The number of nitro groups is 1. The molecule has 0 aromatic heterocycles. The standard InChI is InChI=1S/C15H18N4O2.ClH/c1-10(14-8-12(16)4-7-15(14)17)18-9-11-2-5-13(6-3-11)19(20)21;/h2-8,10,18H,9,16-17H2,1H3;1H. The maximum Gasteiger partial charge on any atom is 0.269 e. The van der Waals surface area contributed by atoms with Crippen molar-refractivity contribution in [1.82, 2.24) is 5.32 Å². The lowest BCUT2D eigenvalue weighted by atomic mass is 10.0. The van der Waals surface area contributed by atoms with Gasteiger partial charge in [-0.15, -0.1) is 12.4 Å². The Labute approximate surface area is 135 Å². The summed E-state index contributed by atoms with van der Waals surface area (Å²) in [5.74, 6) is 0. The average molecular weight is 323 g/mol. The third kappa shape index (κ3) is 4.34. The number of nitrogen functional groups attached to an aromatic ring is 2. The second kappa shape index (κ2) is 7.63. The molecule has 0 heterocycles. The van der Waals surface area contributed by atoms with Crippen molar-refractivity contribution >= 4 is 29.5 Å². The van der Waals surface area contributed by atoms with Crippen LogP contribution in [0.2, 0.25) is 0 Å². The van der Waals surface area contributed by atoms with E-state index in [1.165, 1.54) is 12.1 Å². The Balaban J connectivity index is 0.00000242. The maximum atomic E-state index is 10.6. The molecule has 0 aliphatic rings. The molecular weight excluding hydrogens is 304 g/mol. The van der Waals surface area contributed by atoms with Gasteiger partial charge < -0.3 is 16.8 Å². The molecule has 0 aliphatic heterocycles. The minimum absolute atomic E-state index is 0. The molecule has 0 spiro atoms. The Bertz CT molecular complexity index is 646. The molecular formula is C15H19ClN4O2. The van der Waals surface area contributed by atoms with Gasteiger partial charge >= 0.3 is 0 Å². The van der Waals surface area contributed by atoms with Crippen LogP contribution in [0.5, 0.6) is 0 Å². The zero-order valence-electron chi connectivity index (χ0n) is 12.2. The Morgan fingerprint density at radius 3 is 2.41 bits per heavy atom. The number of benzene rings is 2. The lowest BCUT2D eigenvalue weighted by Gasteiger charge is -2.17. The molecule has 1 atom stereocenters. The number of non-ortho nitro benzene ring substituents is 1. The van der Waals surface area contributed by atoms with Crippen LogP contribution in [0.15, 0.2) is 42.5 Å². The number of hydrogen-bond donors (Lipinski definition) is 3. The van der Waals surface area contributed by atoms with Gasteiger partial charge in [0.2, 0.25) is 0 Å². The first kappa shape index (κ1) is 17.7. The second-order valence-electron chi connectivity index (χ2n) is 4.91. The fourth-order valence-corrected chi connectivity index (χ4v) is 2.08. The summed E-state index contributed by atoms with van der Waals surface area (Å²) in [5, 5.41) is 13.9. The van der Waals surface area contributed by atoms with E-state index >= 15 is 0 Å². The van der Waals surface area contributed by atoms with Crippen molar-refractivity contribution in [3.8, 4) is 0 Å². The zero-order valence-corrected chi connectivity index (χ0v) is 13.0. The Hall–Kier alpha value is -2.31. The number of hydrogen-bond acceptors (Lipinski definition) is 5. The number of halogens is 1. The molecule has 118 valence electrons. The monoisotopic (exact) mass is 322 g/mol. The van der Waals surface area contributed by atoms with E-state index in [-0.39, 0.29) is 24.1 Å². The van der Waals surface area contributed by atoms with Crippen LogP contribution in [-0.2, 0) is 6.54 Å². The molecule has 1 unspecified atom stereocenters. The first-order valence-electron chi connectivity index (χ1n) is 6.59. The van der Waals surface area contributed by atoms with Gasteiger partial charge in [-0.2, -0.15) is 0 Å². The minimum Gasteiger partial charge on any atom is -0.399 e. The van der Waals surface area contributed by atoms with Gasteiger partial charge in [0.25, 0.3) is 5.69 Å². The Kier molecular flexibility index (Phi) is 6.15. The van der Waals surface area contributed by atoms with E-state index in [1.807, 2.05) is 13.0 Å². The van der Waals surface area contributed by atoms with Crippen LogP contribution in [0.25, 0.3) is 0 Å². The fraction of sp³-hybridized carbons (Fsp3) is 0.200. The summed E-state index contributed by atoms with van der Waals surface area (Å²) in [5.41, 5.74) is 15.1. The Morgan fingerprint density at radius 2 is 1.82 bits per heavy atom. The molecule has 7 heteroatoms. The SMILES string of the molecule is CC(NCc1ccc([N+](=O)[O-])cc1)c1cc(N)ccc1N.Cl. The minimum atomic E-state index is -0.409. The molecule has 2 aromatic carbocycles. The highest BCUT2D eigenvalue weighted by Crippen LogP contribution is 2.23. The number of rotatable bonds is 5. The molecule has 5 N–H and O–H groups in total. The maximum absolute atomic E-state index is 10.6. The van der Waals surface area contributed by atoms with Crippen molar-refractivity contribution < 1.29 is 4.92 Å². The number of nitrogens with one attached hydrogen (secondary N) is 1. The van der Waals surface area contributed by atoms with Crippen molar-refractivity contribution in [1.29, 1.82) is 0 Å². The third-order valence-corrected chi connectivity index (χ3v) is 3.34. The molecule has 6 nitrogen and oxygen atoms in total. The normalized spacial score (nSPS) is 11.5. The van der Waals surface area contributed by atoms with Gasteiger partial charge in [0, 0.05) is 36.1 Å². The summed E-state index contributed by atoms with van der Waals surface area (Å²) in [7, 11) is 0. The number of nitrogens with two attached hydrogens (primary N) is 2. The van der Waals surface area contributed by atoms with Crippen LogP contribution in [0.3, 0.4) is 0 Å². The van der Waals surface area contributed by atoms with Crippen molar-refractivity contribution in [3.05, 3.63) is 63.7 Å². The van der Waals surface area contributed by atoms with E-state index < -0.39 is 4.92 Å². The first-order chi connectivity index (χ1) is 9.97. The summed E-state index contributed by atoms with van der Waals surface area (Å²) in [6.45, 7) is 2.59. The number of anilines is 2. The predicted octanol–water partition coefficient (Wildman–Crippen LogP) is 3.03. The van der Waals surface area contributed by atoms with Gasteiger partial charge in [-0.1, -0.05) is 12.1 Å². The molecule has 22 heavy (non-hydrogen) atoms. The molecule has 2 aromatic rings. The largest absolute Gasteiger partial charge is 0.399 e. The summed E-state index contributed by atoms with van der Waals surface area (Å²) < 4.78 is 0. The van der Waals surface area contributed by atoms with Gasteiger partial charge in [0.05, 0.1) is 4.92 Å². The van der Waals surface area contributed by atoms with E-state index in [4.69, 9.17) is 11.5 Å². The van der Waals surface area contributed by atoms with Gasteiger partial charge in [-0.3, -0.25) is 10.1 Å². The van der Waals surface area contributed by atoms with Crippen LogP contribution in [0.4, 0.5) is 17.1 Å². The highest BCUT2D eigenvalue weighted by atomic mass is 35.5. The number of nitro benzene ring substituents is 1. The molecule has 0 fully saturated rings. The highest BCUT2D eigenvalue weighted by Gasteiger charge is 2.10. The highest BCUT2D eigenvalue weighted by molar-refractivity contribution is 5.85. The quantitative estimate of drug-likeness (QED) is 0.445. The second-order valence-corrected chi connectivity index (χ2v) is 4.91. The topological polar surface area (TPSA) is 107 Å². The van der Waals surface area contributed by atoms with Crippen LogP contribution < -0.4 is 16.8 Å². The lowest BCUT2D eigenvalue weighted by Crippen LogP contribution is -2.19. The van der Waals surface area contributed by atoms with Crippen LogP contribution >= 0.6 is 12.4 Å². The molecule has 0 saturated carbocycles. The summed E-state index contributed by atoms with van der Waals surface area (Å²) in [4.78, 5) is 10.2. The first-order valence-corrected chi connectivity index (χ1v) is 6.59. The van der Waals surface area contributed by atoms with E-state index in [2.05, 4.69) is 5.32 Å². The van der Waals surface area contributed by atoms with E-state index in [0.717, 1.165) is 11.1 Å². The van der Waals surface area contributed by atoms with Crippen LogP contribution in [-0.4, -0.2) is 4.92 Å². The zero-order chi connectivity index (χ0) is 15.4. The fourth-order valence-electron chi connectivity index (χ4n) is 2.08. The predicted molar refractivity (Wildman–Crippen MR) is 90.9 cm³/mol. The summed E-state index contributed by atoms with van der Waals surface area (Å²) in [6.07, 6.45) is 0. The van der Waals surface area contributed by atoms with Gasteiger partial charge in [0.1, 0.15) is 0 Å². The molecule has 0 bridgehead atoms. The molecule has 0 amide bonds. The van der Waals surface area contributed by atoms with Gasteiger partial charge in [-0.25, -0.2) is 0 Å². The molecule has 2 rings (SSSR count). The van der Waals surface area contributed by atoms with E-state index in [0.29, 0.717) is 17.9 Å². The smallest absolute Gasteiger partial charge is 0.269 e. The Morgan fingerprint density at radius 1 is 1.18 bits per heavy atom. The van der Waals surface area contributed by atoms with Crippen molar-refractivity contribution in [3.63, 3.8) is 0 Å². The van der Waals surface area contributed by atoms with Gasteiger partial charge in [-0.05, 0) is 36.2 Å². The van der Waals surface area contributed by atoms with Crippen molar-refractivity contribution in [2.75, 3.05) is 11.5 Å². The van der Waals surface area contributed by atoms with E-state index in [9.17, 15) is 10.1 Å². The third-order valence-electron chi connectivity index (χ3n) is 3.34. The van der Waals surface area contributed by atoms with Crippen molar-refractivity contribution in [2.24, 2.45) is 0 Å². The average Bonchev–Trinajstić information content (AvgIpc) is 2.47. The van der Waals surface area contributed by atoms with Gasteiger partial charge in [0.15, 0.2) is 0 Å². The number of nitrogens with zero attached hydrogens (tertiary/aromatic N) is 1. The van der Waals surface area contributed by atoms with E-state index in [1.54, 1.807) is 24.3 Å². The molecule has 0 aliphatic carbocycles. The summed E-state index contributed by atoms with van der Waals surface area (Å²) >= 11 is 0. The lowest BCUT2D eigenvalue weighted by molar-refractivity contribution is -0.384. The summed E-state index contributed by atoms with van der Waals surface area (Å²) in [6, 6.07) is 11.9. The molecule has 0 radical (unpaired) electrons. The molecule has 0 saturated heterocycles. The van der Waals surface area contributed by atoms with Crippen LogP contribution in [0, 0.1) is 10.1 Å². The van der Waals surface area contributed by atoms with Crippen molar-refractivity contribution in [2.45, 2.75) is 19.5 Å². The van der Waals surface area contributed by atoms with Crippen LogP contribution in [0.1, 0.15) is 24.1 Å².